The van der Waals surface area contributed by atoms with Gasteiger partial charge in [0.15, 0.2) is 0 Å². The number of likely N-dealkylation sites (tertiary alicyclic amines) is 1. The highest BCUT2D eigenvalue weighted by molar-refractivity contribution is 5.74. The summed E-state index contributed by atoms with van der Waals surface area (Å²) < 4.78 is 11.0. The smallest absolute Gasteiger partial charge is 0.320 e. The number of benzene rings is 1. The number of aliphatic carboxylic acids is 1. The highest BCUT2D eigenvalue weighted by Gasteiger charge is 2.43. The van der Waals surface area contributed by atoms with E-state index in [0.29, 0.717) is 0 Å². The van der Waals surface area contributed by atoms with Crippen LogP contribution < -0.4 is 14.8 Å². The van der Waals surface area contributed by atoms with E-state index in [0.717, 1.165) is 62.5 Å². The first kappa shape index (κ1) is 17.0. The van der Waals surface area contributed by atoms with Gasteiger partial charge < -0.3 is 19.9 Å². The number of nitrogens with one attached hydrogen (secondary N) is 1. The maximum absolute atomic E-state index is 11.2. The predicted molar refractivity (Wildman–Crippen MR) is 90.5 cm³/mol. The third-order valence-corrected chi connectivity index (χ3v) is 5.49. The standard InChI is InChI=1S/C18H26N2O4/c1-23-15-4-3-5-16(24-2)13(15)11-20-8-6-18(7-9-20)10-14(17(21)22)19-12-18/h3-5,14,19H,6-12H2,1-2H3,(H,21,22). The molecule has 0 saturated carbocycles. The fourth-order valence-corrected chi connectivity index (χ4v) is 3.97. The fourth-order valence-electron chi connectivity index (χ4n) is 3.97. The van der Waals surface area contributed by atoms with Crippen LogP contribution in [0.4, 0.5) is 0 Å². The van der Waals surface area contributed by atoms with Gasteiger partial charge in [0, 0.05) is 13.1 Å². The van der Waals surface area contributed by atoms with Crippen LogP contribution >= 0.6 is 0 Å². The van der Waals surface area contributed by atoms with E-state index in [1.54, 1.807) is 14.2 Å². The maximum atomic E-state index is 11.2. The summed E-state index contributed by atoms with van der Waals surface area (Å²) in [7, 11) is 3.36. The van der Waals surface area contributed by atoms with Gasteiger partial charge in [0.2, 0.25) is 0 Å². The van der Waals surface area contributed by atoms with Gasteiger partial charge in [0.05, 0.1) is 19.8 Å². The Morgan fingerprint density at radius 2 is 1.92 bits per heavy atom. The molecule has 0 radical (unpaired) electrons. The van der Waals surface area contributed by atoms with E-state index in [9.17, 15) is 9.90 Å². The van der Waals surface area contributed by atoms with E-state index in [2.05, 4.69) is 10.2 Å². The second-order valence-corrected chi connectivity index (χ2v) is 6.89. The van der Waals surface area contributed by atoms with Crippen molar-refractivity contribution in [2.45, 2.75) is 31.8 Å². The average molecular weight is 334 g/mol. The molecule has 1 aromatic carbocycles. The van der Waals surface area contributed by atoms with Gasteiger partial charge in [-0.25, -0.2) is 0 Å². The van der Waals surface area contributed by atoms with Crippen LogP contribution in [0, 0.1) is 5.41 Å². The molecule has 3 rings (SSSR count). The zero-order chi connectivity index (χ0) is 17.2. The summed E-state index contributed by atoms with van der Waals surface area (Å²) in [5.74, 6) is 0.972. The summed E-state index contributed by atoms with van der Waals surface area (Å²) in [6, 6.07) is 5.47. The molecule has 0 aliphatic carbocycles. The molecule has 2 saturated heterocycles. The van der Waals surface area contributed by atoms with Gasteiger partial charge in [0.1, 0.15) is 17.5 Å². The molecule has 2 aliphatic rings. The number of carboxylic acid groups (broad SMARTS) is 1. The van der Waals surface area contributed by atoms with E-state index in [1.165, 1.54) is 0 Å². The van der Waals surface area contributed by atoms with Gasteiger partial charge in [-0.05, 0) is 49.9 Å². The summed E-state index contributed by atoms with van der Waals surface area (Å²) in [6.45, 7) is 3.54. The molecule has 2 heterocycles. The minimum atomic E-state index is -0.729. The van der Waals surface area contributed by atoms with Crippen molar-refractivity contribution in [1.29, 1.82) is 0 Å². The average Bonchev–Trinajstić information content (AvgIpc) is 3.01. The quantitative estimate of drug-likeness (QED) is 0.855. The Kier molecular flexibility index (Phi) is 4.96. The van der Waals surface area contributed by atoms with Crippen LogP contribution in [0.3, 0.4) is 0 Å². The molecule has 132 valence electrons. The van der Waals surface area contributed by atoms with Crippen LogP contribution in [-0.4, -0.2) is 55.9 Å². The number of piperidine rings is 1. The summed E-state index contributed by atoms with van der Waals surface area (Å²) in [6.07, 6.45) is 2.80. The van der Waals surface area contributed by atoms with E-state index in [-0.39, 0.29) is 11.5 Å². The Morgan fingerprint density at radius 1 is 1.29 bits per heavy atom. The molecule has 0 amide bonds. The van der Waals surface area contributed by atoms with Crippen LogP contribution in [-0.2, 0) is 11.3 Å². The summed E-state index contributed by atoms with van der Waals surface area (Å²) >= 11 is 0. The van der Waals surface area contributed by atoms with Crippen molar-refractivity contribution < 1.29 is 19.4 Å². The molecule has 6 heteroatoms. The number of methoxy groups -OCH3 is 2. The molecule has 1 atom stereocenters. The third-order valence-electron chi connectivity index (χ3n) is 5.49. The Labute approximate surface area is 142 Å². The number of ether oxygens (including phenoxy) is 2. The maximum Gasteiger partial charge on any atom is 0.320 e. The van der Waals surface area contributed by atoms with Crippen LogP contribution in [0.25, 0.3) is 0 Å². The van der Waals surface area contributed by atoms with Crippen molar-refractivity contribution in [2.24, 2.45) is 5.41 Å². The van der Waals surface area contributed by atoms with Gasteiger partial charge in [-0.3, -0.25) is 9.69 Å². The second kappa shape index (κ2) is 6.99. The molecule has 6 nitrogen and oxygen atoms in total. The molecular formula is C18H26N2O4. The minimum Gasteiger partial charge on any atom is -0.496 e. The van der Waals surface area contributed by atoms with Crippen molar-refractivity contribution >= 4 is 5.97 Å². The predicted octanol–water partition coefficient (Wildman–Crippen LogP) is 1.73. The van der Waals surface area contributed by atoms with Crippen LogP contribution in [0.1, 0.15) is 24.8 Å². The molecule has 1 unspecified atom stereocenters. The van der Waals surface area contributed by atoms with Crippen molar-refractivity contribution in [3.05, 3.63) is 23.8 Å². The van der Waals surface area contributed by atoms with Crippen molar-refractivity contribution in [3.63, 3.8) is 0 Å². The largest absolute Gasteiger partial charge is 0.496 e. The first-order valence-corrected chi connectivity index (χ1v) is 8.45. The lowest BCUT2D eigenvalue weighted by molar-refractivity contribution is -0.139. The van der Waals surface area contributed by atoms with E-state index < -0.39 is 5.97 Å². The number of carboxylic acids is 1. The molecule has 0 aromatic heterocycles. The molecule has 1 aromatic rings. The SMILES string of the molecule is COc1cccc(OC)c1CN1CCC2(CC1)CNC(C(=O)O)C2. The van der Waals surface area contributed by atoms with Crippen molar-refractivity contribution in [2.75, 3.05) is 33.9 Å². The van der Waals surface area contributed by atoms with Crippen molar-refractivity contribution in [1.82, 2.24) is 10.2 Å². The second-order valence-electron chi connectivity index (χ2n) is 6.89. The molecular weight excluding hydrogens is 308 g/mol. The molecule has 0 bridgehead atoms. The van der Waals surface area contributed by atoms with Gasteiger partial charge in [0.25, 0.3) is 0 Å². The minimum absolute atomic E-state index is 0.143. The summed E-state index contributed by atoms with van der Waals surface area (Å²) in [4.78, 5) is 13.6. The normalized spacial score (nSPS) is 23.3. The fraction of sp³-hybridized carbons (Fsp3) is 0.611. The Hall–Kier alpha value is -1.79. The molecule has 24 heavy (non-hydrogen) atoms. The Balaban J connectivity index is 1.63. The third kappa shape index (κ3) is 3.35. The van der Waals surface area contributed by atoms with Gasteiger partial charge in [-0.1, -0.05) is 6.07 Å². The molecule has 2 fully saturated rings. The topological polar surface area (TPSA) is 71.0 Å². The summed E-state index contributed by atoms with van der Waals surface area (Å²) in [5.41, 5.74) is 1.22. The first-order valence-electron chi connectivity index (χ1n) is 8.45. The zero-order valence-electron chi connectivity index (χ0n) is 14.4. The number of rotatable bonds is 5. The van der Waals surface area contributed by atoms with E-state index in [4.69, 9.17) is 9.47 Å². The Bertz CT molecular complexity index is 574. The van der Waals surface area contributed by atoms with E-state index >= 15 is 0 Å². The van der Waals surface area contributed by atoms with Crippen LogP contribution in [0.15, 0.2) is 18.2 Å². The van der Waals surface area contributed by atoms with Crippen molar-refractivity contribution in [3.8, 4) is 11.5 Å². The summed E-state index contributed by atoms with van der Waals surface area (Å²) in [5, 5.41) is 12.3. The molecule has 2 aliphatic heterocycles. The number of carbonyl (C=O) groups is 1. The number of nitrogens with zero attached hydrogens (tertiary/aromatic N) is 1. The Morgan fingerprint density at radius 3 is 2.42 bits per heavy atom. The van der Waals surface area contributed by atoms with E-state index in [1.807, 2.05) is 18.2 Å². The lowest BCUT2D eigenvalue weighted by atomic mass is 9.76. The number of hydrogen-bond acceptors (Lipinski definition) is 5. The molecule has 2 N–H and O–H groups in total. The van der Waals surface area contributed by atoms with Crippen LogP contribution in [0.2, 0.25) is 0 Å². The lowest BCUT2D eigenvalue weighted by Crippen LogP contribution is -2.40. The number of hydrogen-bond donors (Lipinski definition) is 2. The highest BCUT2D eigenvalue weighted by Crippen LogP contribution is 2.40. The lowest BCUT2D eigenvalue weighted by Gasteiger charge is -2.39. The van der Waals surface area contributed by atoms with Gasteiger partial charge in [-0.15, -0.1) is 0 Å². The highest BCUT2D eigenvalue weighted by atomic mass is 16.5. The first-order chi connectivity index (χ1) is 11.6. The zero-order valence-corrected chi connectivity index (χ0v) is 14.4. The monoisotopic (exact) mass is 334 g/mol. The van der Waals surface area contributed by atoms with Crippen LogP contribution in [0.5, 0.6) is 11.5 Å². The van der Waals surface area contributed by atoms with Gasteiger partial charge >= 0.3 is 5.97 Å². The van der Waals surface area contributed by atoms with Gasteiger partial charge in [-0.2, -0.15) is 0 Å². The molecule has 1 spiro atoms.